The smallest absolute Gasteiger partial charge is 0.168 e. The molecular formula is C15H28N6O. The Balaban J connectivity index is 1.72. The molecule has 0 unspecified atom stereocenters. The lowest BCUT2D eigenvalue weighted by atomic mass is 10.1. The fourth-order valence-corrected chi connectivity index (χ4v) is 3.44. The minimum absolute atomic E-state index is 0.275. The number of hydrogen-bond acceptors (Lipinski definition) is 6. The first-order chi connectivity index (χ1) is 10.8. The largest absolute Gasteiger partial charge is 0.376 e. The second kappa shape index (κ2) is 7.48. The Kier molecular flexibility index (Phi) is 5.38. The summed E-state index contributed by atoms with van der Waals surface area (Å²) in [4.78, 5) is 4.93. The van der Waals surface area contributed by atoms with E-state index >= 15 is 0 Å². The van der Waals surface area contributed by atoms with Gasteiger partial charge in [-0.25, -0.2) is 4.68 Å². The van der Waals surface area contributed by atoms with Crippen molar-refractivity contribution in [3.63, 3.8) is 0 Å². The minimum atomic E-state index is 0.275. The van der Waals surface area contributed by atoms with E-state index in [9.17, 15) is 0 Å². The Morgan fingerprint density at radius 3 is 2.77 bits per heavy atom. The van der Waals surface area contributed by atoms with Gasteiger partial charge in [-0.1, -0.05) is 13.3 Å². The van der Waals surface area contributed by atoms with Crippen molar-refractivity contribution in [2.45, 2.75) is 51.3 Å². The molecule has 0 aliphatic carbocycles. The van der Waals surface area contributed by atoms with Crippen molar-refractivity contribution in [2.24, 2.45) is 0 Å². The molecule has 2 fully saturated rings. The minimum Gasteiger partial charge on any atom is -0.376 e. The van der Waals surface area contributed by atoms with Crippen molar-refractivity contribution >= 4 is 0 Å². The number of piperazine rings is 1. The zero-order valence-electron chi connectivity index (χ0n) is 13.8. The highest BCUT2D eigenvalue weighted by atomic mass is 16.5. The molecule has 0 amide bonds. The Labute approximate surface area is 132 Å². The van der Waals surface area contributed by atoms with E-state index in [1.54, 1.807) is 0 Å². The molecule has 0 bridgehead atoms. The summed E-state index contributed by atoms with van der Waals surface area (Å²) >= 11 is 0. The highest BCUT2D eigenvalue weighted by molar-refractivity contribution is 4.95. The van der Waals surface area contributed by atoms with Crippen LogP contribution in [0.5, 0.6) is 0 Å². The van der Waals surface area contributed by atoms with Crippen molar-refractivity contribution in [1.82, 2.24) is 30.0 Å². The maximum Gasteiger partial charge on any atom is 0.168 e. The van der Waals surface area contributed by atoms with Gasteiger partial charge in [0.1, 0.15) is 0 Å². The summed E-state index contributed by atoms with van der Waals surface area (Å²) in [5, 5.41) is 12.5. The molecule has 7 nitrogen and oxygen atoms in total. The quantitative estimate of drug-likeness (QED) is 0.779. The molecule has 0 spiro atoms. The molecule has 2 aliphatic heterocycles. The molecule has 124 valence electrons. The lowest BCUT2D eigenvalue weighted by Gasteiger charge is -2.37. The van der Waals surface area contributed by atoms with Crippen LogP contribution in [0.25, 0.3) is 0 Å². The summed E-state index contributed by atoms with van der Waals surface area (Å²) in [7, 11) is 2.19. The van der Waals surface area contributed by atoms with Gasteiger partial charge in [0.05, 0.1) is 18.7 Å². The monoisotopic (exact) mass is 308 g/mol. The first-order valence-electron chi connectivity index (χ1n) is 8.58. The predicted molar refractivity (Wildman–Crippen MR) is 83.5 cm³/mol. The number of nitrogens with zero attached hydrogens (tertiary/aromatic N) is 6. The highest BCUT2D eigenvalue weighted by Gasteiger charge is 2.29. The van der Waals surface area contributed by atoms with Crippen LogP contribution in [0, 0.1) is 0 Å². The predicted octanol–water partition coefficient (Wildman–Crippen LogP) is 0.941. The number of tetrazole rings is 1. The Bertz CT molecular complexity index is 451. The molecular weight excluding hydrogens is 280 g/mol. The summed E-state index contributed by atoms with van der Waals surface area (Å²) in [5.74, 6) is 1.02. The van der Waals surface area contributed by atoms with E-state index in [1.165, 1.54) is 0 Å². The number of aromatic nitrogens is 4. The molecule has 2 atom stereocenters. The molecule has 7 heteroatoms. The van der Waals surface area contributed by atoms with Crippen LogP contribution in [-0.2, 0) is 11.3 Å². The summed E-state index contributed by atoms with van der Waals surface area (Å²) in [5.41, 5.74) is 0. The zero-order chi connectivity index (χ0) is 15.4. The number of likely N-dealkylation sites (N-methyl/N-ethyl adjacent to an activating group) is 1. The third-order valence-electron chi connectivity index (χ3n) is 4.80. The molecule has 22 heavy (non-hydrogen) atoms. The van der Waals surface area contributed by atoms with Crippen molar-refractivity contribution in [3.8, 4) is 0 Å². The topological polar surface area (TPSA) is 59.3 Å². The van der Waals surface area contributed by atoms with Crippen LogP contribution < -0.4 is 0 Å². The van der Waals surface area contributed by atoms with Crippen molar-refractivity contribution in [3.05, 3.63) is 5.82 Å². The molecule has 1 aromatic rings. The molecule has 3 rings (SSSR count). The maximum absolute atomic E-state index is 5.74. The molecule has 0 saturated carbocycles. The summed E-state index contributed by atoms with van der Waals surface area (Å²) in [6.45, 7) is 8.31. The Morgan fingerprint density at radius 2 is 2.09 bits per heavy atom. The van der Waals surface area contributed by atoms with Crippen molar-refractivity contribution in [2.75, 3.05) is 39.8 Å². The fraction of sp³-hybridized carbons (Fsp3) is 0.933. The van der Waals surface area contributed by atoms with Crippen LogP contribution in [0.2, 0.25) is 0 Å². The first kappa shape index (κ1) is 15.8. The first-order valence-corrected chi connectivity index (χ1v) is 8.58. The lowest BCUT2D eigenvalue weighted by molar-refractivity contribution is 0.0818. The average Bonchev–Trinajstić information content (AvgIpc) is 3.18. The van der Waals surface area contributed by atoms with Gasteiger partial charge < -0.3 is 9.64 Å². The number of ether oxygens (including phenoxy) is 1. The van der Waals surface area contributed by atoms with Crippen LogP contribution in [-0.4, -0.2) is 75.9 Å². The summed E-state index contributed by atoms with van der Waals surface area (Å²) in [6.07, 6.45) is 4.79. The zero-order valence-corrected chi connectivity index (χ0v) is 13.8. The molecule has 0 aromatic carbocycles. The third kappa shape index (κ3) is 3.64. The SMILES string of the molecule is CCC[C@H](c1nnnn1C[C@H]1CCCO1)N1CCN(C)CC1. The van der Waals surface area contributed by atoms with E-state index < -0.39 is 0 Å². The second-order valence-corrected chi connectivity index (χ2v) is 6.50. The van der Waals surface area contributed by atoms with Gasteiger partial charge >= 0.3 is 0 Å². The molecule has 2 aliphatic rings. The lowest BCUT2D eigenvalue weighted by Crippen LogP contribution is -2.46. The van der Waals surface area contributed by atoms with Gasteiger partial charge in [-0.15, -0.1) is 5.10 Å². The molecule has 0 radical (unpaired) electrons. The van der Waals surface area contributed by atoms with E-state index in [-0.39, 0.29) is 6.10 Å². The molecule has 0 N–H and O–H groups in total. The maximum atomic E-state index is 5.74. The van der Waals surface area contributed by atoms with Gasteiger partial charge in [0.2, 0.25) is 0 Å². The van der Waals surface area contributed by atoms with Crippen LogP contribution in [0.4, 0.5) is 0 Å². The van der Waals surface area contributed by atoms with Gasteiger partial charge in [-0.2, -0.15) is 0 Å². The Hall–Kier alpha value is -1.05. The van der Waals surface area contributed by atoms with Gasteiger partial charge in [0, 0.05) is 32.8 Å². The van der Waals surface area contributed by atoms with Gasteiger partial charge in [-0.3, -0.25) is 4.90 Å². The third-order valence-corrected chi connectivity index (χ3v) is 4.80. The Morgan fingerprint density at radius 1 is 1.27 bits per heavy atom. The van der Waals surface area contributed by atoms with Crippen molar-refractivity contribution < 1.29 is 4.74 Å². The summed E-state index contributed by atoms with van der Waals surface area (Å²) in [6, 6.07) is 0.329. The van der Waals surface area contributed by atoms with Crippen LogP contribution in [0.15, 0.2) is 0 Å². The standard InChI is InChI=1S/C15H28N6O/c1-3-5-14(20-9-7-19(2)8-10-20)15-16-17-18-21(15)12-13-6-4-11-22-13/h13-14H,3-12H2,1-2H3/t13-,14-/m1/s1. The van der Waals surface area contributed by atoms with Gasteiger partial charge in [0.15, 0.2) is 5.82 Å². The number of hydrogen-bond donors (Lipinski definition) is 0. The van der Waals surface area contributed by atoms with Gasteiger partial charge in [0.25, 0.3) is 0 Å². The summed E-state index contributed by atoms with van der Waals surface area (Å²) < 4.78 is 7.72. The van der Waals surface area contributed by atoms with E-state index in [4.69, 9.17) is 4.74 Å². The van der Waals surface area contributed by atoms with E-state index in [1.807, 2.05) is 4.68 Å². The van der Waals surface area contributed by atoms with Crippen molar-refractivity contribution in [1.29, 1.82) is 0 Å². The van der Waals surface area contributed by atoms with E-state index in [0.717, 1.165) is 70.8 Å². The molecule has 2 saturated heterocycles. The second-order valence-electron chi connectivity index (χ2n) is 6.50. The number of rotatable bonds is 6. The molecule has 1 aromatic heterocycles. The van der Waals surface area contributed by atoms with E-state index in [2.05, 4.69) is 39.3 Å². The fourth-order valence-electron chi connectivity index (χ4n) is 3.44. The molecule has 3 heterocycles. The normalized spacial score (nSPS) is 25.6. The van der Waals surface area contributed by atoms with Crippen LogP contribution in [0.3, 0.4) is 0 Å². The highest BCUT2D eigenvalue weighted by Crippen LogP contribution is 2.25. The van der Waals surface area contributed by atoms with Gasteiger partial charge in [-0.05, 0) is 36.7 Å². The average molecular weight is 308 g/mol. The van der Waals surface area contributed by atoms with E-state index in [0.29, 0.717) is 6.04 Å². The van der Waals surface area contributed by atoms with Crippen LogP contribution in [0.1, 0.15) is 44.5 Å². The van der Waals surface area contributed by atoms with Crippen LogP contribution >= 0.6 is 0 Å².